The topological polar surface area (TPSA) is 89.3 Å². The maximum absolute atomic E-state index is 13.4. The maximum atomic E-state index is 13.4. The van der Waals surface area contributed by atoms with Crippen LogP contribution in [0.3, 0.4) is 0 Å². The molecule has 10 heteroatoms. The molecule has 1 aromatic heterocycles. The van der Waals surface area contributed by atoms with Crippen molar-refractivity contribution in [2.45, 2.75) is 21.4 Å². The van der Waals surface area contributed by atoms with Crippen LogP contribution >= 0.6 is 23.5 Å². The monoisotopic (exact) mass is 517 g/mol. The number of hydrogen-bond donors (Lipinski definition) is 1. The van der Waals surface area contributed by atoms with E-state index in [9.17, 15) is 9.59 Å². The van der Waals surface area contributed by atoms with Crippen LogP contribution in [0.15, 0.2) is 87.7 Å². The quantitative estimate of drug-likeness (QED) is 0.348. The predicted molar refractivity (Wildman–Crippen MR) is 141 cm³/mol. The number of benzene rings is 3. The molecule has 0 fully saturated rings. The van der Waals surface area contributed by atoms with E-state index in [2.05, 4.69) is 15.5 Å². The Kier molecular flexibility index (Phi) is 6.97. The first-order valence-corrected chi connectivity index (χ1v) is 13.0. The molecular weight excluding hydrogens is 494 g/mol. The van der Waals surface area contributed by atoms with E-state index >= 15 is 0 Å². The van der Waals surface area contributed by atoms with Gasteiger partial charge in [-0.2, -0.15) is 0 Å². The van der Waals surface area contributed by atoms with Crippen LogP contribution in [0.25, 0.3) is 0 Å². The summed E-state index contributed by atoms with van der Waals surface area (Å²) in [6.45, 7) is 0. The fourth-order valence-electron chi connectivity index (χ4n) is 3.84. The van der Waals surface area contributed by atoms with E-state index in [1.807, 2.05) is 54.6 Å². The Balaban J connectivity index is 1.26. The number of anilines is 3. The van der Waals surface area contributed by atoms with E-state index in [4.69, 9.17) is 4.74 Å². The number of nitrogens with zero attached hydrogens (tertiary/aromatic N) is 4. The molecule has 3 aromatic carbocycles. The summed E-state index contributed by atoms with van der Waals surface area (Å²) in [4.78, 5) is 29.8. The number of nitrogens with one attached hydrogen (secondary N) is 1. The highest BCUT2D eigenvalue weighted by Crippen LogP contribution is 2.48. The largest absolute Gasteiger partial charge is 0.497 e. The van der Waals surface area contributed by atoms with Crippen LogP contribution in [0, 0.1) is 0 Å². The number of thioether (sulfide) groups is 1. The van der Waals surface area contributed by atoms with Gasteiger partial charge in [0.15, 0.2) is 5.16 Å². The van der Waals surface area contributed by atoms with Gasteiger partial charge in [0.2, 0.25) is 11.8 Å². The number of ether oxygens (including phenoxy) is 1. The van der Waals surface area contributed by atoms with Crippen LogP contribution in [0.1, 0.15) is 5.82 Å². The second-order valence-corrected chi connectivity index (χ2v) is 10.00. The van der Waals surface area contributed by atoms with Gasteiger partial charge in [0, 0.05) is 28.6 Å². The molecule has 0 saturated heterocycles. The molecule has 1 aliphatic rings. The number of rotatable bonds is 7. The number of fused-ring (bicyclic) bond motifs is 2. The fraction of sp³-hybridized carbons (Fsp3) is 0.154. The number of methoxy groups -OCH3 is 1. The minimum atomic E-state index is -0.217. The van der Waals surface area contributed by atoms with Crippen molar-refractivity contribution in [2.75, 3.05) is 23.1 Å². The van der Waals surface area contributed by atoms with Gasteiger partial charge in [-0.3, -0.25) is 14.5 Å². The molecule has 0 unspecified atom stereocenters. The van der Waals surface area contributed by atoms with E-state index in [1.165, 1.54) is 11.8 Å². The van der Waals surface area contributed by atoms with Gasteiger partial charge >= 0.3 is 0 Å². The number of carbonyl (C=O) groups excluding carboxylic acids is 2. The van der Waals surface area contributed by atoms with E-state index in [1.54, 1.807) is 53.6 Å². The van der Waals surface area contributed by atoms with Crippen molar-refractivity contribution >= 4 is 52.4 Å². The summed E-state index contributed by atoms with van der Waals surface area (Å²) in [5, 5.41) is 11.8. The van der Waals surface area contributed by atoms with Crippen LogP contribution in [0.2, 0.25) is 0 Å². The van der Waals surface area contributed by atoms with Crippen molar-refractivity contribution in [3.05, 3.63) is 78.6 Å². The zero-order valence-electron chi connectivity index (χ0n) is 19.7. The first-order valence-electron chi connectivity index (χ1n) is 11.2. The van der Waals surface area contributed by atoms with Gasteiger partial charge in [0.05, 0.1) is 30.7 Å². The normalized spacial score (nSPS) is 12.0. The van der Waals surface area contributed by atoms with Crippen molar-refractivity contribution in [3.63, 3.8) is 0 Å². The van der Waals surface area contributed by atoms with Crippen molar-refractivity contribution in [3.8, 4) is 5.75 Å². The minimum absolute atomic E-state index is 0.0549. The van der Waals surface area contributed by atoms with Crippen molar-refractivity contribution in [1.29, 1.82) is 0 Å². The maximum Gasteiger partial charge on any atom is 0.242 e. The molecule has 0 bridgehead atoms. The highest BCUT2D eigenvalue weighted by molar-refractivity contribution is 8.00. The number of para-hydroxylation sites is 2. The van der Waals surface area contributed by atoms with Gasteiger partial charge in [-0.15, -0.1) is 10.2 Å². The lowest BCUT2D eigenvalue weighted by atomic mass is 10.2. The molecule has 0 atom stereocenters. The third kappa shape index (κ3) is 4.95. The Morgan fingerprint density at radius 3 is 2.36 bits per heavy atom. The van der Waals surface area contributed by atoms with Gasteiger partial charge in [0.25, 0.3) is 0 Å². The molecule has 0 spiro atoms. The molecule has 0 saturated carbocycles. The summed E-state index contributed by atoms with van der Waals surface area (Å²) in [5.74, 6) is 1.07. The second-order valence-electron chi connectivity index (χ2n) is 7.97. The van der Waals surface area contributed by atoms with E-state index < -0.39 is 0 Å². The van der Waals surface area contributed by atoms with Gasteiger partial charge in [-0.05, 0) is 36.4 Å². The minimum Gasteiger partial charge on any atom is -0.497 e. The van der Waals surface area contributed by atoms with E-state index in [0.717, 1.165) is 21.2 Å². The van der Waals surface area contributed by atoms with Gasteiger partial charge in [-0.25, -0.2) is 0 Å². The SMILES string of the molecule is COc1cccc(NC(=O)Cc2nnc(SCC(=O)N3c4ccccc4Sc4ccccc43)n2C)c1. The molecule has 8 nitrogen and oxygen atoms in total. The molecule has 4 aromatic rings. The summed E-state index contributed by atoms with van der Waals surface area (Å²) < 4.78 is 6.94. The average molecular weight is 518 g/mol. The number of aromatic nitrogens is 3. The van der Waals surface area contributed by atoms with Crippen molar-refractivity contribution < 1.29 is 14.3 Å². The van der Waals surface area contributed by atoms with Crippen molar-refractivity contribution in [2.24, 2.45) is 7.05 Å². The third-order valence-electron chi connectivity index (χ3n) is 5.60. The Morgan fingerprint density at radius 2 is 1.67 bits per heavy atom. The lowest BCUT2D eigenvalue weighted by molar-refractivity contribution is -0.116. The zero-order valence-corrected chi connectivity index (χ0v) is 21.3. The lowest BCUT2D eigenvalue weighted by Crippen LogP contribution is -2.30. The standard InChI is InChI=1S/C26H23N5O3S2/c1-30-23(15-24(32)27-17-8-7-9-18(14-17)34-2)28-29-26(30)35-16-25(33)31-19-10-3-5-12-21(19)36-22-13-6-4-11-20(22)31/h3-14H,15-16H2,1-2H3,(H,27,32). The zero-order chi connectivity index (χ0) is 25.1. The van der Waals surface area contributed by atoms with Crippen LogP contribution in [0.5, 0.6) is 5.75 Å². The summed E-state index contributed by atoms with van der Waals surface area (Å²) in [6.07, 6.45) is 0.0549. The molecule has 36 heavy (non-hydrogen) atoms. The van der Waals surface area contributed by atoms with Crippen LogP contribution < -0.4 is 15.0 Å². The van der Waals surface area contributed by atoms with Crippen LogP contribution in [-0.4, -0.2) is 39.4 Å². The highest BCUT2D eigenvalue weighted by Gasteiger charge is 2.28. The Labute approximate surface area is 217 Å². The summed E-state index contributed by atoms with van der Waals surface area (Å²) in [6, 6.07) is 22.9. The van der Waals surface area contributed by atoms with Crippen LogP contribution in [0.4, 0.5) is 17.1 Å². The van der Waals surface area contributed by atoms with E-state index in [-0.39, 0.29) is 24.0 Å². The predicted octanol–water partition coefficient (Wildman–Crippen LogP) is 4.93. The number of carbonyl (C=O) groups is 2. The Bertz CT molecular complexity index is 1390. The highest BCUT2D eigenvalue weighted by atomic mass is 32.2. The molecule has 5 rings (SSSR count). The fourth-order valence-corrected chi connectivity index (χ4v) is 5.68. The van der Waals surface area contributed by atoms with Gasteiger partial charge < -0.3 is 14.6 Å². The molecule has 1 N–H and O–H groups in total. The smallest absolute Gasteiger partial charge is 0.242 e. The van der Waals surface area contributed by atoms with E-state index in [0.29, 0.717) is 22.4 Å². The molecule has 0 aliphatic carbocycles. The number of hydrogen-bond acceptors (Lipinski definition) is 7. The summed E-state index contributed by atoms with van der Waals surface area (Å²) in [5.41, 5.74) is 2.39. The molecule has 2 heterocycles. The molecule has 182 valence electrons. The molecule has 0 radical (unpaired) electrons. The lowest BCUT2D eigenvalue weighted by Gasteiger charge is -2.30. The first kappa shape index (κ1) is 24.0. The third-order valence-corrected chi connectivity index (χ3v) is 7.74. The van der Waals surface area contributed by atoms with Crippen molar-refractivity contribution in [1.82, 2.24) is 14.8 Å². The van der Waals surface area contributed by atoms with Gasteiger partial charge in [-0.1, -0.05) is 53.9 Å². The average Bonchev–Trinajstić information content (AvgIpc) is 3.24. The summed E-state index contributed by atoms with van der Waals surface area (Å²) >= 11 is 2.96. The first-order chi connectivity index (χ1) is 17.5. The second kappa shape index (κ2) is 10.5. The summed E-state index contributed by atoms with van der Waals surface area (Å²) in [7, 11) is 3.37. The Hall–Kier alpha value is -3.76. The van der Waals surface area contributed by atoms with Crippen LogP contribution in [-0.2, 0) is 23.1 Å². The Morgan fingerprint density at radius 1 is 0.972 bits per heavy atom. The number of amides is 2. The van der Waals surface area contributed by atoms with Gasteiger partial charge in [0.1, 0.15) is 11.6 Å². The molecular formula is C26H23N5O3S2. The molecule has 1 aliphatic heterocycles. The molecule has 2 amide bonds.